The second-order valence-electron chi connectivity index (χ2n) is 5.82. The molecule has 1 rings (SSSR count). The van der Waals surface area contributed by atoms with Gasteiger partial charge in [-0.05, 0) is 18.9 Å². The SMILES string of the molecule is CCCCCCCCCCC(=O)NN=C(C)c1ccccc1. The lowest BCUT2D eigenvalue weighted by atomic mass is 10.1. The van der Waals surface area contributed by atoms with Crippen LogP contribution >= 0.6 is 0 Å². The van der Waals surface area contributed by atoms with E-state index in [1.807, 2.05) is 37.3 Å². The van der Waals surface area contributed by atoms with E-state index in [4.69, 9.17) is 0 Å². The second kappa shape index (κ2) is 12.0. The van der Waals surface area contributed by atoms with Crippen LogP contribution in [-0.4, -0.2) is 11.6 Å². The number of amides is 1. The van der Waals surface area contributed by atoms with Gasteiger partial charge in [-0.1, -0.05) is 82.2 Å². The van der Waals surface area contributed by atoms with Gasteiger partial charge in [-0.15, -0.1) is 0 Å². The Bertz CT molecular complexity index is 440. The summed E-state index contributed by atoms with van der Waals surface area (Å²) in [6.07, 6.45) is 10.5. The normalized spacial score (nSPS) is 11.5. The van der Waals surface area contributed by atoms with Gasteiger partial charge in [0.1, 0.15) is 0 Å². The molecule has 1 N–H and O–H groups in total. The summed E-state index contributed by atoms with van der Waals surface area (Å²) in [6.45, 7) is 4.15. The van der Waals surface area contributed by atoms with E-state index in [0.717, 1.165) is 24.1 Å². The lowest BCUT2D eigenvalue weighted by Crippen LogP contribution is -2.18. The lowest BCUT2D eigenvalue weighted by molar-refractivity contribution is -0.121. The van der Waals surface area contributed by atoms with Crippen LogP contribution in [0, 0.1) is 0 Å². The van der Waals surface area contributed by atoms with Crippen molar-refractivity contribution in [1.29, 1.82) is 0 Å². The first-order chi connectivity index (χ1) is 10.7. The third-order valence-corrected chi connectivity index (χ3v) is 3.80. The van der Waals surface area contributed by atoms with Gasteiger partial charge >= 0.3 is 0 Å². The Hall–Kier alpha value is -1.64. The second-order valence-corrected chi connectivity index (χ2v) is 5.82. The number of carbonyl (C=O) groups is 1. The zero-order chi connectivity index (χ0) is 16.0. The van der Waals surface area contributed by atoms with Crippen molar-refractivity contribution in [2.75, 3.05) is 0 Å². The molecular formula is C19H30N2O. The summed E-state index contributed by atoms with van der Waals surface area (Å²) >= 11 is 0. The molecule has 0 radical (unpaired) electrons. The maximum absolute atomic E-state index is 11.7. The van der Waals surface area contributed by atoms with Gasteiger partial charge in [0.15, 0.2) is 0 Å². The summed E-state index contributed by atoms with van der Waals surface area (Å²) in [5, 5.41) is 4.16. The highest BCUT2D eigenvalue weighted by Crippen LogP contribution is 2.09. The van der Waals surface area contributed by atoms with Gasteiger partial charge < -0.3 is 0 Å². The molecule has 1 aromatic carbocycles. The average molecular weight is 302 g/mol. The smallest absolute Gasteiger partial charge is 0.240 e. The number of rotatable bonds is 11. The number of nitrogens with one attached hydrogen (secondary N) is 1. The van der Waals surface area contributed by atoms with Gasteiger partial charge in [0.25, 0.3) is 0 Å². The lowest BCUT2D eigenvalue weighted by Gasteiger charge is -2.03. The molecule has 0 atom stereocenters. The van der Waals surface area contributed by atoms with Crippen LogP contribution in [-0.2, 0) is 4.79 Å². The third kappa shape index (κ3) is 8.60. The molecule has 0 heterocycles. The molecule has 0 aromatic heterocycles. The van der Waals surface area contributed by atoms with Crippen molar-refractivity contribution < 1.29 is 4.79 Å². The first-order valence-corrected chi connectivity index (χ1v) is 8.62. The van der Waals surface area contributed by atoms with Gasteiger partial charge in [0.05, 0.1) is 5.71 Å². The molecule has 0 aliphatic rings. The summed E-state index contributed by atoms with van der Waals surface area (Å²) < 4.78 is 0. The molecule has 0 aliphatic carbocycles. The van der Waals surface area contributed by atoms with E-state index in [-0.39, 0.29) is 5.91 Å². The molecule has 1 aromatic rings. The fourth-order valence-corrected chi connectivity index (χ4v) is 2.37. The van der Waals surface area contributed by atoms with Crippen molar-refractivity contribution >= 4 is 11.6 Å². The average Bonchev–Trinajstić information content (AvgIpc) is 2.56. The van der Waals surface area contributed by atoms with Crippen molar-refractivity contribution in [2.45, 2.75) is 71.6 Å². The Balaban J connectivity index is 2.09. The zero-order valence-electron chi connectivity index (χ0n) is 14.1. The van der Waals surface area contributed by atoms with Crippen LogP contribution in [0.15, 0.2) is 35.4 Å². The van der Waals surface area contributed by atoms with E-state index in [1.165, 1.54) is 38.5 Å². The number of nitrogens with zero attached hydrogens (tertiary/aromatic N) is 1. The largest absolute Gasteiger partial charge is 0.273 e. The van der Waals surface area contributed by atoms with Crippen molar-refractivity contribution in [2.24, 2.45) is 5.10 Å². The minimum absolute atomic E-state index is 0.0151. The topological polar surface area (TPSA) is 41.5 Å². The molecule has 0 aliphatic heterocycles. The molecule has 0 fully saturated rings. The minimum atomic E-state index is 0.0151. The number of carbonyl (C=O) groups excluding carboxylic acids is 1. The maximum atomic E-state index is 11.7. The predicted molar refractivity (Wildman–Crippen MR) is 94.0 cm³/mol. The Morgan fingerprint density at radius 3 is 2.18 bits per heavy atom. The molecule has 0 bridgehead atoms. The summed E-state index contributed by atoms with van der Waals surface area (Å²) in [5.41, 5.74) is 4.52. The van der Waals surface area contributed by atoms with E-state index in [2.05, 4.69) is 17.5 Å². The molecule has 0 saturated heterocycles. The molecule has 0 saturated carbocycles. The quantitative estimate of drug-likeness (QED) is 0.346. The third-order valence-electron chi connectivity index (χ3n) is 3.80. The first kappa shape index (κ1) is 18.4. The van der Waals surface area contributed by atoms with Gasteiger partial charge in [0, 0.05) is 6.42 Å². The summed E-state index contributed by atoms with van der Waals surface area (Å²) in [7, 11) is 0. The van der Waals surface area contributed by atoms with Crippen LogP contribution in [0.4, 0.5) is 0 Å². The van der Waals surface area contributed by atoms with E-state index in [9.17, 15) is 4.79 Å². The Kier molecular flexibility index (Phi) is 10.0. The molecule has 122 valence electrons. The van der Waals surface area contributed by atoms with Crippen LogP contribution in [0.2, 0.25) is 0 Å². The van der Waals surface area contributed by atoms with E-state index in [0.29, 0.717) is 6.42 Å². The van der Waals surface area contributed by atoms with Crippen molar-refractivity contribution in [3.63, 3.8) is 0 Å². The van der Waals surface area contributed by atoms with Gasteiger partial charge in [-0.25, -0.2) is 5.43 Å². The number of hydrazone groups is 1. The van der Waals surface area contributed by atoms with Crippen LogP contribution in [0.3, 0.4) is 0 Å². The molecule has 0 unspecified atom stereocenters. The fourth-order valence-electron chi connectivity index (χ4n) is 2.37. The van der Waals surface area contributed by atoms with Gasteiger partial charge in [0.2, 0.25) is 5.91 Å². The maximum Gasteiger partial charge on any atom is 0.240 e. The Morgan fingerprint density at radius 1 is 0.955 bits per heavy atom. The van der Waals surface area contributed by atoms with E-state index in [1.54, 1.807) is 0 Å². The highest BCUT2D eigenvalue weighted by atomic mass is 16.2. The molecule has 3 heteroatoms. The molecule has 22 heavy (non-hydrogen) atoms. The standard InChI is InChI=1S/C19H30N2O/c1-3-4-5-6-7-8-9-13-16-19(22)21-20-17(2)18-14-11-10-12-15-18/h10-12,14-15H,3-9,13,16H2,1-2H3,(H,21,22). The highest BCUT2D eigenvalue weighted by Gasteiger charge is 2.01. The highest BCUT2D eigenvalue weighted by molar-refractivity contribution is 5.99. The Labute approximate surface area is 135 Å². The Morgan fingerprint density at radius 2 is 1.55 bits per heavy atom. The zero-order valence-corrected chi connectivity index (χ0v) is 14.1. The number of benzene rings is 1. The van der Waals surface area contributed by atoms with Crippen molar-refractivity contribution in [3.05, 3.63) is 35.9 Å². The van der Waals surface area contributed by atoms with Gasteiger partial charge in [-0.3, -0.25) is 4.79 Å². The number of hydrogen-bond acceptors (Lipinski definition) is 2. The van der Waals surface area contributed by atoms with Crippen LogP contribution < -0.4 is 5.43 Å². The van der Waals surface area contributed by atoms with Crippen molar-refractivity contribution in [1.82, 2.24) is 5.43 Å². The monoisotopic (exact) mass is 302 g/mol. The van der Waals surface area contributed by atoms with Gasteiger partial charge in [-0.2, -0.15) is 5.10 Å². The van der Waals surface area contributed by atoms with Crippen LogP contribution in [0.5, 0.6) is 0 Å². The van der Waals surface area contributed by atoms with Crippen LogP contribution in [0.1, 0.15) is 77.2 Å². The minimum Gasteiger partial charge on any atom is -0.273 e. The summed E-state index contributed by atoms with van der Waals surface area (Å²) in [4.78, 5) is 11.7. The molecule has 0 spiro atoms. The number of unbranched alkanes of at least 4 members (excludes halogenated alkanes) is 7. The summed E-state index contributed by atoms with van der Waals surface area (Å²) in [5.74, 6) is 0.0151. The van der Waals surface area contributed by atoms with E-state index >= 15 is 0 Å². The first-order valence-electron chi connectivity index (χ1n) is 8.62. The van der Waals surface area contributed by atoms with E-state index < -0.39 is 0 Å². The molecule has 1 amide bonds. The molecular weight excluding hydrogens is 272 g/mol. The van der Waals surface area contributed by atoms with Crippen molar-refractivity contribution in [3.8, 4) is 0 Å². The number of hydrogen-bond donors (Lipinski definition) is 1. The summed E-state index contributed by atoms with van der Waals surface area (Å²) in [6, 6.07) is 9.89. The van der Waals surface area contributed by atoms with Crippen LogP contribution in [0.25, 0.3) is 0 Å². The molecule has 3 nitrogen and oxygen atoms in total. The predicted octanol–water partition coefficient (Wildman–Crippen LogP) is 5.06. The fraction of sp³-hybridized carbons (Fsp3) is 0.579.